The second kappa shape index (κ2) is 7.13. The Kier molecular flexibility index (Phi) is 5.49. The zero-order valence-corrected chi connectivity index (χ0v) is 13.6. The molecule has 1 N–H and O–H groups in total. The van der Waals surface area contributed by atoms with Crippen LogP contribution in [0.4, 0.5) is 0 Å². The predicted octanol–water partition coefficient (Wildman–Crippen LogP) is 5.02. The van der Waals surface area contributed by atoms with Crippen LogP contribution >= 0.6 is 27.7 Å². The minimum absolute atomic E-state index is 0.909. The fraction of sp³-hybridized carbons (Fsp3) is 0.250. The van der Waals surface area contributed by atoms with Gasteiger partial charge in [0.05, 0.1) is 0 Å². The Morgan fingerprint density at radius 3 is 2.37 bits per heavy atom. The lowest BCUT2D eigenvalue weighted by Crippen LogP contribution is -2.11. The second-order valence-electron chi connectivity index (χ2n) is 4.45. The van der Waals surface area contributed by atoms with Crippen molar-refractivity contribution in [3.05, 3.63) is 58.1 Å². The van der Waals surface area contributed by atoms with Crippen molar-refractivity contribution in [2.75, 3.05) is 6.54 Å². The average Bonchev–Trinajstić information content (AvgIpc) is 2.41. The number of halogens is 1. The van der Waals surface area contributed by atoms with E-state index in [0.29, 0.717) is 0 Å². The van der Waals surface area contributed by atoms with E-state index in [-0.39, 0.29) is 0 Å². The summed E-state index contributed by atoms with van der Waals surface area (Å²) in [6.07, 6.45) is 0. The summed E-state index contributed by atoms with van der Waals surface area (Å²) in [5.41, 5.74) is 2.60. The van der Waals surface area contributed by atoms with Crippen LogP contribution in [0.5, 0.6) is 0 Å². The van der Waals surface area contributed by atoms with Crippen molar-refractivity contribution < 1.29 is 0 Å². The van der Waals surface area contributed by atoms with Gasteiger partial charge in [-0.05, 0) is 43.3 Å². The lowest BCUT2D eigenvalue weighted by Gasteiger charge is -2.08. The van der Waals surface area contributed by atoms with Gasteiger partial charge in [0.2, 0.25) is 0 Å². The highest BCUT2D eigenvalue weighted by Gasteiger charge is 2.03. The first-order valence-corrected chi connectivity index (χ1v) is 8.03. The zero-order valence-electron chi connectivity index (χ0n) is 11.2. The molecule has 0 fully saturated rings. The zero-order chi connectivity index (χ0) is 13.7. The molecule has 0 aliphatic carbocycles. The lowest BCUT2D eigenvalue weighted by molar-refractivity contribution is 0.724. The van der Waals surface area contributed by atoms with Gasteiger partial charge in [-0.2, -0.15) is 0 Å². The largest absolute Gasteiger partial charge is 0.313 e. The molecule has 0 saturated carbocycles. The molecule has 2 aromatic carbocycles. The molecular weight excluding hydrogens is 318 g/mol. The van der Waals surface area contributed by atoms with Crippen molar-refractivity contribution in [1.82, 2.24) is 5.32 Å². The maximum Gasteiger partial charge on any atom is 0.0231 e. The Morgan fingerprint density at radius 2 is 1.74 bits per heavy atom. The number of hydrogen-bond acceptors (Lipinski definition) is 2. The van der Waals surface area contributed by atoms with Crippen molar-refractivity contribution in [2.24, 2.45) is 0 Å². The number of rotatable bonds is 5. The van der Waals surface area contributed by atoms with E-state index in [1.54, 1.807) is 11.8 Å². The molecule has 100 valence electrons. The van der Waals surface area contributed by atoms with Crippen molar-refractivity contribution in [3.8, 4) is 0 Å². The van der Waals surface area contributed by atoms with Crippen molar-refractivity contribution >= 4 is 27.7 Å². The first kappa shape index (κ1) is 14.6. The Labute approximate surface area is 127 Å². The van der Waals surface area contributed by atoms with E-state index >= 15 is 0 Å². The maximum atomic E-state index is 3.65. The molecule has 0 bridgehead atoms. The quantitative estimate of drug-likeness (QED) is 0.823. The van der Waals surface area contributed by atoms with Crippen molar-refractivity contribution in [2.45, 2.75) is 30.2 Å². The fourth-order valence-corrected chi connectivity index (χ4v) is 3.26. The van der Waals surface area contributed by atoms with E-state index in [1.165, 1.54) is 25.4 Å². The molecule has 0 spiro atoms. The van der Waals surface area contributed by atoms with Gasteiger partial charge in [0, 0.05) is 20.8 Å². The van der Waals surface area contributed by atoms with Crippen molar-refractivity contribution in [1.29, 1.82) is 0 Å². The summed E-state index contributed by atoms with van der Waals surface area (Å²) in [7, 11) is 0. The summed E-state index contributed by atoms with van der Waals surface area (Å²) < 4.78 is 1.17. The van der Waals surface area contributed by atoms with Gasteiger partial charge in [-0.25, -0.2) is 0 Å². The molecule has 0 aromatic heterocycles. The van der Waals surface area contributed by atoms with Crippen LogP contribution in [0.1, 0.15) is 18.1 Å². The third-order valence-corrected chi connectivity index (χ3v) is 4.58. The third-order valence-electron chi connectivity index (χ3n) is 2.85. The first-order valence-electron chi connectivity index (χ1n) is 6.42. The molecule has 0 heterocycles. The standard InChI is InChI=1S/C16H18BrNS/c1-3-18-11-13-6-9-15(10-16(13)17)19-14-7-4-12(2)5-8-14/h4-10,18H,3,11H2,1-2H3. The molecule has 0 unspecified atom stereocenters. The third kappa shape index (κ3) is 4.37. The molecule has 0 radical (unpaired) electrons. The van der Waals surface area contributed by atoms with Crippen LogP contribution in [0, 0.1) is 6.92 Å². The van der Waals surface area contributed by atoms with Crippen LogP contribution in [0.15, 0.2) is 56.7 Å². The van der Waals surface area contributed by atoms with Gasteiger partial charge in [-0.3, -0.25) is 0 Å². The van der Waals surface area contributed by atoms with Crippen LogP contribution in [-0.2, 0) is 6.54 Å². The first-order chi connectivity index (χ1) is 9.19. The molecule has 2 aromatic rings. The molecule has 1 nitrogen and oxygen atoms in total. The van der Waals surface area contributed by atoms with Crippen molar-refractivity contribution in [3.63, 3.8) is 0 Å². The molecule has 3 heteroatoms. The number of aryl methyl sites for hydroxylation is 1. The predicted molar refractivity (Wildman–Crippen MR) is 86.8 cm³/mol. The Morgan fingerprint density at radius 1 is 1.05 bits per heavy atom. The van der Waals surface area contributed by atoms with E-state index < -0.39 is 0 Å². The lowest BCUT2D eigenvalue weighted by atomic mass is 10.2. The van der Waals surface area contributed by atoms with E-state index in [2.05, 4.69) is 77.6 Å². The highest BCUT2D eigenvalue weighted by Crippen LogP contribution is 2.31. The average molecular weight is 336 g/mol. The monoisotopic (exact) mass is 335 g/mol. The van der Waals surface area contributed by atoms with E-state index in [9.17, 15) is 0 Å². The summed E-state index contributed by atoms with van der Waals surface area (Å²) in [5, 5.41) is 3.34. The topological polar surface area (TPSA) is 12.0 Å². The summed E-state index contributed by atoms with van der Waals surface area (Å²) in [6.45, 7) is 6.13. The fourth-order valence-electron chi connectivity index (χ4n) is 1.74. The minimum Gasteiger partial charge on any atom is -0.313 e. The number of hydrogen-bond donors (Lipinski definition) is 1. The van der Waals surface area contributed by atoms with Gasteiger partial charge in [0.1, 0.15) is 0 Å². The molecule has 19 heavy (non-hydrogen) atoms. The van der Waals surface area contributed by atoms with Gasteiger partial charge in [-0.1, -0.05) is 58.4 Å². The Balaban J connectivity index is 2.09. The molecule has 0 saturated heterocycles. The normalized spacial score (nSPS) is 10.7. The molecule has 0 aliphatic heterocycles. The smallest absolute Gasteiger partial charge is 0.0231 e. The van der Waals surface area contributed by atoms with Crippen LogP contribution in [0.3, 0.4) is 0 Å². The van der Waals surface area contributed by atoms with E-state index in [4.69, 9.17) is 0 Å². The number of nitrogens with one attached hydrogen (secondary N) is 1. The van der Waals surface area contributed by atoms with Crippen LogP contribution in [0.2, 0.25) is 0 Å². The summed E-state index contributed by atoms with van der Waals surface area (Å²) in [4.78, 5) is 2.54. The van der Waals surface area contributed by atoms with Gasteiger partial charge in [0.25, 0.3) is 0 Å². The van der Waals surface area contributed by atoms with E-state index in [1.807, 2.05) is 0 Å². The van der Waals surface area contributed by atoms with Crippen LogP contribution in [0.25, 0.3) is 0 Å². The molecule has 0 aliphatic rings. The second-order valence-corrected chi connectivity index (χ2v) is 6.45. The van der Waals surface area contributed by atoms with Crippen LogP contribution < -0.4 is 5.32 Å². The Hall–Kier alpha value is -0.770. The highest BCUT2D eigenvalue weighted by atomic mass is 79.9. The van der Waals surface area contributed by atoms with E-state index in [0.717, 1.165) is 13.1 Å². The van der Waals surface area contributed by atoms with Gasteiger partial charge < -0.3 is 5.32 Å². The SMILES string of the molecule is CCNCc1ccc(Sc2ccc(C)cc2)cc1Br. The van der Waals surface area contributed by atoms with Gasteiger partial charge in [0.15, 0.2) is 0 Å². The summed E-state index contributed by atoms with van der Waals surface area (Å²) >= 11 is 5.44. The molecule has 2 rings (SSSR count). The van der Waals surface area contributed by atoms with Gasteiger partial charge >= 0.3 is 0 Å². The Bertz CT molecular complexity index is 537. The maximum absolute atomic E-state index is 3.65. The summed E-state index contributed by atoms with van der Waals surface area (Å²) in [6, 6.07) is 15.2. The number of benzene rings is 2. The molecular formula is C16H18BrNS. The molecule has 0 atom stereocenters. The minimum atomic E-state index is 0.909. The van der Waals surface area contributed by atoms with Crippen LogP contribution in [-0.4, -0.2) is 6.54 Å². The highest BCUT2D eigenvalue weighted by molar-refractivity contribution is 9.10. The van der Waals surface area contributed by atoms with Gasteiger partial charge in [-0.15, -0.1) is 0 Å². The summed E-state index contributed by atoms with van der Waals surface area (Å²) in [5.74, 6) is 0. The molecule has 0 amide bonds.